The molecule has 1 unspecified atom stereocenters. The number of carbonyl (C=O) groups excluding carboxylic acids is 1. The van der Waals surface area contributed by atoms with Crippen molar-refractivity contribution in [2.24, 2.45) is 0 Å². The van der Waals surface area contributed by atoms with Crippen LogP contribution in [-0.4, -0.2) is 46.9 Å². The first-order valence-corrected chi connectivity index (χ1v) is 8.88. The maximum Gasteiger partial charge on any atom is 0.253 e. The first-order chi connectivity index (χ1) is 12.2. The number of amides is 1. The Balaban J connectivity index is 1.42. The second kappa shape index (κ2) is 6.73. The maximum absolute atomic E-state index is 12.8. The smallest absolute Gasteiger partial charge is 0.253 e. The minimum Gasteiger partial charge on any atom is -0.361 e. The highest BCUT2D eigenvalue weighted by atomic mass is 16.2. The van der Waals surface area contributed by atoms with E-state index >= 15 is 0 Å². The van der Waals surface area contributed by atoms with Crippen LogP contribution in [0.5, 0.6) is 0 Å². The predicted molar refractivity (Wildman–Crippen MR) is 101 cm³/mol. The van der Waals surface area contributed by atoms with Gasteiger partial charge in [-0.25, -0.2) is 0 Å². The predicted octanol–water partition coefficient (Wildman–Crippen LogP) is 3.69. The molecule has 2 heterocycles. The van der Waals surface area contributed by atoms with E-state index in [1.54, 1.807) is 0 Å². The maximum atomic E-state index is 12.8. The van der Waals surface area contributed by atoms with Gasteiger partial charge >= 0.3 is 0 Å². The van der Waals surface area contributed by atoms with E-state index in [1.165, 1.54) is 5.56 Å². The molecule has 1 N–H and O–H groups in total. The van der Waals surface area contributed by atoms with Crippen molar-refractivity contribution < 1.29 is 4.79 Å². The number of piperazine rings is 1. The number of benzene rings is 2. The molecule has 1 aliphatic heterocycles. The van der Waals surface area contributed by atoms with Crippen LogP contribution in [0, 0.1) is 0 Å². The van der Waals surface area contributed by atoms with Gasteiger partial charge in [-0.15, -0.1) is 0 Å². The van der Waals surface area contributed by atoms with Gasteiger partial charge in [0.1, 0.15) is 0 Å². The Morgan fingerprint density at radius 3 is 2.52 bits per heavy atom. The zero-order valence-electron chi connectivity index (χ0n) is 14.5. The Labute approximate surface area is 148 Å². The van der Waals surface area contributed by atoms with E-state index in [2.05, 4.69) is 41.1 Å². The number of hydrogen-bond acceptors (Lipinski definition) is 2. The van der Waals surface area contributed by atoms with Crippen LogP contribution in [0.4, 0.5) is 0 Å². The Morgan fingerprint density at radius 1 is 1.00 bits per heavy atom. The van der Waals surface area contributed by atoms with Crippen molar-refractivity contribution in [3.63, 3.8) is 0 Å². The molecule has 0 saturated carbocycles. The molecule has 4 rings (SSSR count). The summed E-state index contributed by atoms with van der Waals surface area (Å²) in [6, 6.07) is 18.8. The molecule has 0 aliphatic carbocycles. The summed E-state index contributed by atoms with van der Waals surface area (Å²) in [7, 11) is 0. The summed E-state index contributed by atoms with van der Waals surface area (Å²) >= 11 is 0. The number of hydrogen-bond donors (Lipinski definition) is 1. The molecule has 1 aliphatic rings. The normalized spacial score (nSPS) is 16.9. The fraction of sp³-hybridized carbons (Fsp3) is 0.286. The average molecular weight is 333 g/mol. The van der Waals surface area contributed by atoms with Crippen LogP contribution in [0.1, 0.15) is 28.9 Å². The summed E-state index contributed by atoms with van der Waals surface area (Å²) in [5.74, 6) is 0.134. The summed E-state index contributed by atoms with van der Waals surface area (Å²) < 4.78 is 0. The van der Waals surface area contributed by atoms with Crippen LogP contribution in [0.25, 0.3) is 10.9 Å². The third-order valence-electron chi connectivity index (χ3n) is 5.23. The van der Waals surface area contributed by atoms with E-state index in [4.69, 9.17) is 0 Å². The van der Waals surface area contributed by atoms with Crippen molar-refractivity contribution in [1.82, 2.24) is 14.8 Å². The number of H-pyrrole nitrogens is 1. The van der Waals surface area contributed by atoms with Crippen LogP contribution in [0.3, 0.4) is 0 Å². The van der Waals surface area contributed by atoms with E-state index in [0.29, 0.717) is 6.04 Å². The van der Waals surface area contributed by atoms with Crippen LogP contribution in [0.15, 0.2) is 60.8 Å². The number of aromatic amines is 1. The number of nitrogens with one attached hydrogen (secondary N) is 1. The summed E-state index contributed by atoms with van der Waals surface area (Å²) in [5, 5.41) is 1.09. The Morgan fingerprint density at radius 2 is 1.76 bits per heavy atom. The number of carbonyl (C=O) groups is 1. The molecule has 1 aromatic heterocycles. The van der Waals surface area contributed by atoms with Gasteiger partial charge in [-0.2, -0.15) is 0 Å². The minimum atomic E-state index is 0.134. The lowest BCUT2D eigenvalue weighted by Crippen LogP contribution is -2.49. The third-order valence-corrected chi connectivity index (χ3v) is 5.23. The van der Waals surface area contributed by atoms with Gasteiger partial charge in [0.25, 0.3) is 5.91 Å². The lowest BCUT2D eigenvalue weighted by molar-refractivity contribution is 0.0582. The second-order valence-corrected chi connectivity index (χ2v) is 6.69. The van der Waals surface area contributed by atoms with Gasteiger partial charge in [0, 0.05) is 54.9 Å². The van der Waals surface area contributed by atoms with Gasteiger partial charge in [-0.05, 0) is 36.8 Å². The fourth-order valence-corrected chi connectivity index (χ4v) is 3.62. The SMILES string of the molecule is CC(c1ccccc1)N1CCN(C(=O)c2ccc3[nH]ccc3c2)CC1. The molecule has 1 fully saturated rings. The molecule has 4 nitrogen and oxygen atoms in total. The van der Waals surface area contributed by atoms with E-state index in [0.717, 1.165) is 42.6 Å². The molecule has 0 radical (unpaired) electrons. The number of fused-ring (bicyclic) bond motifs is 1. The number of rotatable bonds is 3. The molecule has 25 heavy (non-hydrogen) atoms. The molecule has 128 valence electrons. The molecule has 2 aromatic carbocycles. The van der Waals surface area contributed by atoms with Gasteiger partial charge in [0.05, 0.1) is 0 Å². The van der Waals surface area contributed by atoms with Gasteiger partial charge in [-0.3, -0.25) is 9.69 Å². The van der Waals surface area contributed by atoms with Crippen molar-refractivity contribution in [2.75, 3.05) is 26.2 Å². The van der Waals surface area contributed by atoms with E-state index in [-0.39, 0.29) is 5.91 Å². The van der Waals surface area contributed by atoms with Crippen molar-refractivity contribution in [3.05, 3.63) is 71.9 Å². The molecule has 1 amide bonds. The molecule has 1 atom stereocenters. The van der Waals surface area contributed by atoms with Gasteiger partial charge in [0.2, 0.25) is 0 Å². The largest absolute Gasteiger partial charge is 0.361 e. The zero-order valence-corrected chi connectivity index (χ0v) is 14.5. The second-order valence-electron chi connectivity index (χ2n) is 6.69. The highest BCUT2D eigenvalue weighted by Gasteiger charge is 2.25. The summed E-state index contributed by atoms with van der Waals surface area (Å²) in [6.45, 7) is 5.62. The molecule has 0 bridgehead atoms. The Kier molecular flexibility index (Phi) is 4.28. The quantitative estimate of drug-likeness (QED) is 0.794. The molecule has 1 saturated heterocycles. The lowest BCUT2D eigenvalue weighted by atomic mass is 10.1. The average Bonchev–Trinajstić information content (AvgIpc) is 3.15. The first-order valence-electron chi connectivity index (χ1n) is 8.88. The summed E-state index contributed by atoms with van der Waals surface area (Å²) in [5.41, 5.74) is 3.18. The van der Waals surface area contributed by atoms with Crippen molar-refractivity contribution in [2.45, 2.75) is 13.0 Å². The van der Waals surface area contributed by atoms with Crippen LogP contribution >= 0.6 is 0 Å². The summed E-state index contributed by atoms with van der Waals surface area (Å²) in [4.78, 5) is 20.4. The van der Waals surface area contributed by atoms with E-state index in [1.807, 2.05) is 41.4 Å². The fourth-order valence-electron chi connectivity index (χ4n) is 3.62. The van der Waals surface area contributed by atoms with E-state index in [9.17, 15) is 4.79 Å². The number of aromatic nitrogens is 1. The third kappa shape index (κ3) is 3.17. The standard InChI is InChI=1S/C21H23N3O/c1-16(17-5-3-2-4-6-17)23-11-13-24(14-12-23)21(25)19-7-8-20-18(15-19)9-10-22-20/h2-10,15-16,22H,11-14H2,1H3. The molecule has 4 heteroatoms. The topological polar surface area (TPSA) is 39.3 Å². The van der Waals surface area contributed by atoms with Crippen molar-refractivity contribution in [3.8, 4) is 0 Å². The van der Waals surface area contributed by atoms with Gasteiger partial charge in [0.15, 0.2) is 0 Å². The summed E-state index contributed by atoms with van der Waals surface area (Å²) in [6.07, 6.45) is 1.91. The molecule has 0 spiro atoms. The van der Waals surface area contributed by atoms with Gasteiger partial charge < -0.3 is 9.88 Å². The Hall–Kier alpha value is -2.59. The lowest BCUT2D eigenvalue weighted by Gasteiger charge is -2.38. The highest BCUT2D eigenvalue weighted by molar-refractivity contribution is 5.98. The molecular weight excluding hydrogens is 310 g/mol. The first kappa shape index (κ1) is 15.9. The zero-order chi connectivity index (χ0) is 17.2. The monoisotopic (exact) mass is 333 g/mol. The Bertz CT molecular complexity index is 863. The number of nitrogens with zero attached hydrogens (tertiary/aromatic N) is 2. The van der Waals surface area contributed by atoms with Crippen LogP contribution in [-0.2, 0) is 0 Å². The molecule has 3 aromatic rings. The minimum absolute atomic E-state index is 0.134. The molecular formula is C21H23N3O. The van der Waals surface area contributed by atoms with Crippen LogP contribution < -0.4 is 0 Å². The van der Waals surface area contributed by atoms with Gasteiger partial charge in [-0.1, -0.05) is 30.3 Å². The van der Waals surface area contributed by atoms with Crippen molar-refractivity contribution in [1.29, 1.82) is 0 Å². The van der Waals surface area contributed by atoms with Crippen LogP contribution in [0.2, 0.25) is 0 Å². The van der Waals surface area contributed by atoms with E-state index < -0.39 is 0 Å². The highest BCUT2D eigenvalue weighted by Crippen LogP contribution is 2.22. The van der Waals surface area contributed by atoms with Crippen molar-refractivity contribution >= 4 is 16.8 Å².